The lowest BCUT2D eigenvalue weighted by Crippen LogP contribution is -2.29. The lowest BCUT2D eigenvalue weighted by Gasteiger charge is -2.28. The van der Waals surface area contributed by atoms with Crippen LogP contribution in [0.5, 0.6) is 5.75 Å². The Morgan fingerprint density at radius 2 is 1.97 bits per heavy atom. The number of methoxy groups -OCH3 is 1. The van der Waals surface area contributed by atoms with Gasteiger partial charge < -0.3 is 18.9 Å². The third kappa shape index (κ3) is 4.33. The van der Waals surface area contributed by atoms with E-state index < -0.39 is 46.3 Å². The van der Waals surface area contributed by atoms with E-state index in [9.17, 15) is 13.6 Å². The molecule has 0 radical (unpaired) electrons. The molecule has 1 aliphatic carbocycles. The standard InChI is InChI=1S/C21H23F3O5/c1-20(2)28-11-12(29-20)10-27-16-6-5-15(23)17(18(16)24)13-9-21(3,19(25)26-4)8-7-14(13)22/h5-8,12H,9-11H2,1-4H3/t12-,21?/m0/s1. The van der Waals surface area contributed by atoms with Crippen molar-refractivity contribution < 1.29 is 36.9 Å². The fraction of sp³-hybridized carbons (Fsp3) is 0.476. The number of hydrogen-bond donors (Lipinski definition) is 0. The summed E-state index contributed by atoms with van der Waals surface area (Å²) in [6, 6.07) is 2.13. The molecule has 0 saturated carbocycles. The molecule has 8 heteroatoms. The highest BCUT2D eigenvalue weighted by atomic mass is 19.1. The van der Waals surface area contributed by atoms with E-state index in [4.69, 9.17) is 18.9 Å². The van der Waals surface area contributed by atoms with Crippen LogP contribution >= 0.6 is 0 Å². The number of rotatable bonds is 5. The van der Waals surface area contributed by atoms with Crippen LogP contribution in [0.15, 0.2) is 30.1 Å². The minimum atomic E-state index is -1.24. The summed E-state index contributed by atoms with van der Waals surface area (Å²) >= 11 is 0. The van der Waals surface area contributed by atoms with Gasteiger partial charge in [-0.25, -0.2) is 13.2 Å². The first-order valence-corrected chi connectivity index (χ1v) is 9.15. The Kier molecular flexibility index (Phi) is 5.78. The average Bonchev–Trinajstić information content (AvgIpc) is 3.02. The quantitative estimate of drug-likeness (QED) is 0.675. The summed E-state index contributed by atoms with van der Waals surface area (Å²) < 4.78 is 65.2. The highest BCUT2D eigenvalue weighted by Crippen LogP contribution is 2.43. The Bertz CT molecular complexity index is 877. The van der Waals surface area contributed by atoms with Crippen LogP contribution < -0.4 is 4.74 Å². The van der Waals surface area contributed by atoms with Gasteiger partial charge in [-0.3, -0.25) is 4.79 Å². The number of carbonyl (C=O) groups excluding carboxylic acids is 1. The molecule has 2 atom stereocenters. The van der Waals surface area contributed by atoms with Gasteiger partial charge >= 0.3 is 5.97 Å². The van der Waals surface area contributed by atoms with Crippen LogP contribution in [0, 0.1) is 17.0 Å². The number of esters is 1. The molecule has 1 aromatic carbocycles. The zero-order valence-corrected chi connectivity index (χ0v) is 16.7. The zero-order valence-electron chi connectivity index (χ0n) is 16.7. The predicted octanol–water partition coefficient (Wildman–Crippen LogP) is 4.31. The van der Waals surface area contributed by atoms with Crippen molar-refractivity contribution in [2.24, 2.45) is 5.41 Å². The van der Waals surface area contributed by atoms with Crippen LogP contribution in [0.1, 0.15) is 32.8 Å². The highest BCUT2D eigenvalue weighted by molar-refractivity contribution is 5.85. The van der Waals surface area contributed by atoms with Crippen LogP contribution in [0.4, 0.5) is 13.2 Å². The molecular formula is C21H23F3O5. The van der Waals surface area contributed by atoms with Crippen molar-refractivity contribution in [3.63, 3.8) is 0 Å². The van der Waals surface area contributed by atoms with Crippen LogP contribution in [-0.4, -0.2) is 38.2 Å². The van der Waals surface area contributed by atoms with Crippen LogP contribution in [0.3, 0.4) is 0 Å². The molecule has 1 aliphatic heterocycles. The van der Waals surface area contributed by atoms with Gasteiger partial charge in [0.15, 0.2) is 17.4 Å². The summed E-state index contributed by atoms with van der Waals surface area (Å²) in [6.07, 6.45) is 1.67. The molecule has 158 valence electrons. The average molecular weight is 412 g/mol. The summed E-state index contributed by atoms with van der Waals surface area (Å²) in [5.74, 6) is -4.46. The SMILES string of the molecule is COC(=O)C1(C)C=CC(F)=C(c2c(F)ccc(OC[C@H]3COC(C)(C)O3)c2F)C1. The fourth-order valence-corrected chi connectivity index (χ4v) is 3.40. The van der Waals surface area contributed by atoms with Gasteiger partial charge in [-0.05, 0) is 45.4 Å². The van der Waals surface area contributed by atoms with E-state index in [-0.39, 0.29) is 31.0 Å². The number of benzene rings is 1. The number of ether oxygens (including phenoxy) is 4. The molecule has 0 amide bonds. The Hall–Kier alpha value is -2.32. The van der Waals surface area contributed by atoms with Crippen molar-refractivity contribution in [1.29, 1.82) is 0 Å². The summed E-state index contributed by atoms with van der Waals surface area (Å²) in [5.41, 5.74) is -2.07. The predicted molar refractivity (Wildman–Crippen MR) is 98.7 cm³/mol. The number of halogens is 3. The molecule has 5 nitrogen and oxygen atoms in total. The molecule has 0 N–H and O–H groups in total. The molecule has 1 heterocycles. The third-order valence-electron chi connectivity index (χ3n) is 4.93. The van der Waals surface area contributed by atoms with E-state index in [1.807, 2.05) is 0 Å². The molecule has 1 saturated heterocycles. The largest absolute Gasteiger partial charge is 0.488 e. The topological polar surface area (TPSA) is 54.0 Å². The molecule has 1 aromatic rings. The molecule has 0 aromatic heterocycles. The highest BCUT2D eigenvalue weighted by Gasteiger charge is 2.38. The Balaban J connectivity index is 1.87. The third-order valence-corrected chi connectivity index (χ3v) is 4.93. The molecular weight excluding hydrogens is 389 g/mol. The smallest absolute Gasteiger partial charge is 0.315 e. The molecule has 0 bridgehead atoms. The minimum Gasteiger partial charge on any atom is -0.488 e. The maximum atomic E-state index is 15.1. The van der Waals surface area contributed by atoms with Gasteiger partial charge in [0, 0.05) is 5.57 Å². The van der Waals surface area contributed by atoms with Crippen LogP contribution in [-0.2, 0) is 19.0 Å². The minimum absolute atomic E-state index is 0.0211. The van der Waals surface area contributed by atoms with E-state index in [1.54, 1.807) is 13.8 Å². The van der Waals surface area contributed by atoms with E-state index in [0.717, 1.165) is 18.2 Å². The maximum Gasteiger partial charge on any atom is 0.315 e. The first-order valence-electron chi connectivity index (χ1n) is 9.15. The molecule has 3 rings (SSSR count). The summed E-state index contributed by atoms with van der Waals surface area (Å²) in [6.45, 7) is 5.25. The Morgan fingerprint density at radius 1 is 1.24 bits per heavy atom. The van der Waals surface area contributed by atoms with Gasteiger partial charge in [0.2, 0.25) is 0 Å². The monoisotopic (exact) mass is 412 g/mol. The van der Waals surface area contributed by atoms with Crippen molar-refractivity contribution in [1.82, 2.24) is 0 Å². The van der Waals surface area contributed by atoms with E-state index in [0.29, 0.717) is 0 Å². The molecule has 0 spiro atoms. The van der Waals surface area contributed by atoms with Crippen molar-refractivity contribution in [2.75, 3.05) is 20.3 Å². The van der Waals surface area contributed by atoms with Crippen molar-refractivity contribution >= 4 is 11.5 Å². The van der Waals surface area contributed by atoms with Crippen LogP contribution in [0.2, 0.25) is 0 Å². The number of hydrogen-bond acceptors (Lipinski definition) is 5. The van der Waals surface area contributed by atoms with Gasteiger partial charge in [0.05, 0.1) is 24.7 Å². The van der Waals surface area contributed by atoms with Gasteiger partial charge in [0.25, 0.3) is 0 Å². The van der Waals surface area contributed by atoms with Crippen molar-refractivity contribution in [2.45, 2.75) is 39.1 Å². The number of carbonyl (C=O) groups is 1. The van der Waals surface area contributed by atoms with Gasteiger partial charge in [-0.2, -0.15) is 0 Å². The summed E-state index contributed by atoms with van der Waals surface area (Å²) in [4.78, 5) is 12.1. The van der Waals surface area contributed by atoms with E-state index in [2.05, 4.69) is 0 Å². The first kappa shape index (κ1) is 21.4. The second kappa shape index (κ2) is 7.84. The maximum absolute atomic E-state index is 15.1. The molecule has 2 aliphatic rings. The fourth-order valence-electron chi connectivity index (χ4n) is 3.40. The lowest BCUT2D eigenvalue weighted by molar-refractivity contribution is -0.148. The second-order valence-electron chi connectivity index (χ2n) is 7.74. The number of allylic oxidation sites excluding steroid dienone is 3. The second-order valence-corrected chi connectivity index (χ2v) is 7.74. The first-order chi connectivity index (χ1) is 13.6. The van der Waals surface area contributed by atoms with Crippen molar-refractivity contribution in [3.05, 3.63) is 47.3 Å². The van der Waals surface area contributed by atoms with Crippen molar-refractivity contribution in [3.8, 4) is 5.75 Å². The normalized spacial score (nSPS) is 26.0. The van der Waals surface area contributed by atoms with Gasteiger partial charge in [0.1, 0.15) is 24.4 Å². The summed E-state index contributed by atoms with van der Waals surface area (Å²) in [5, 5.41) is 0. The zero-order chi connectivity index (χ0) is 21.4. The Labute approximate surface area is 167 Å². The molecule has 1 fully saturated rings. The summed E-state index contributed by atoms with van der Waals surface area (Å²) in [7, 11) is 1.20. The lowest BCUT2D eigenvalue weighted by atomic mass is 9.77. The van der Waals surface area contributed by atoms with E-state index >= 15 is 4.39 Å². The van der Waals surface area contributed by atoms with Gasteiger partial charge in [-0.1, -0.05) is 6.08 Å². The molecule has 29 heavy (non-hydrogen) atoms. The van der Waals surface area contributed by atoms with Crippen LogP contribution in [0.25, 0.3) is 5.57 Å². The van der Waals surface area contributed by atoms with E-state index in [1.165, 1.54) is 20.1 Å². The molecule has 1 unspecified atom stereocenters. The van der Waals surface area contributed by atoms with Gasteiger partial charge in [-0.15, -0.1) is 0 Å². The Morgan fingerprint density at radius 3 is 2.59 bits per heavy atom.